The van der Waals surface area contributed by atoms with Crippen molar-refractivity contribution in [3.05, 3.63) is 35.9 Å². The zero-order valence-electron chi connectivity index (χ0n) is 13.0. The smallest absolute Gasteiger partial charge is 0.186 e. The van der Waals surface area contributed by atoms with Gasteiger partial charge in [0, 0.05) is 12.5 Å². The molecule has 4 rings (SSSR count). The molecule has 1 aromatic carbocycles. The molecule has 1 aliphatic rings. The lowest BCUT2D eigenvalue weighted by atomic mass is 10.1. The van der Waals surface area contributed by atoms with Crippen LogP contribution in [0.5, 0.6) is 0 Å². The number of nitrogens with zero attached hydrogens (tertiary/aromatic N) is 5. The number of para-hydroxylation sites is 1. The Bertz CT molecular complexity index is 786. The average molecular weight is 313 g/mol. The van der Waals surface area contributed by atoms with E-state index >= 15 is 0 Å². The second-order valence-electron chi connectivity index (χ2n) is 6.19. The molecule has 6 heteroatoms. The fourth-order valence-electron chi connectivity index (χ4n) is 3.10. The summed E-state index contributed by atoms with van der Waals surface area (Å²) in [7, 11) is 0. The van der Waals surface area contributed by atoms with E-state index in [1.807, 2.05) is 6.07 Å². The van der Waals surface area contributed by atoms with Crippen LogP contribution in [-0.2, 0) is 6.54 Å². The summed E-state index contributed by atoms with van der Waals surface area (Å²) >= 11 is 1.75. The van der Waals surface area contributed by atoms with E-state index in [1.54, 1.807) is 11.3 Å². The van der Waals surface area contributed by atoms with Gasteiger partial charge in [-0.1, -0.05) is 37.3 Å². The van der Waals surface area contributed by atoms with Gasteiger partial charge in [-0.05, 0) is 19.1 Å². The van der Waals surface area contributed by atoms with Gasteiger partial charge in [0.1, 0.15) is 5.82 Å². The van der Waals surface area contributed by atoms with Crippen LogP contribution in [-0.4, -0.2) is 26.3 Å². The summed E-state index contributed by atoms with van der Waals surface area (Å²) in [4.78, 5) is 7.10. The lowest BCUT2D eigenvalue weighted by molar-refractivity contribution is 0.442. The Hall–Kier alpha value is -1.95. The third-order valence-corrected chi connectivity index (χ3v) is 5.22. The second-order valence-corrected chi connectivity index (χ2v) is 7.20. The summed E-state index contributed by atoms with van der Waals surface area (Å²) in [6, 6.07) is 8.67. The van der Waals surface area contributed by atoms with Gasteiger partial charge in [-0.3, -0.25) is 0 Å². The number of anilines is 1. The van der Waals surface area contributed by atoms with E-state index in [4.69, 9.17) is 4.98 Å². The SMILES string of the molecule is CC(C)c1nnc2n1[C@@H](C)CN(c1nc3ccccc3s1)C2. The lowest BCUT2D eigenvalue weighted by Crippen LogP contribution is -2.37. The molecule has 0 fully saturated rings. The molecule has 3 heterocycles. The number of aromatic nitrogens is 4. The molecule has 0 N–H and O–H groups in total. The van der Waals surface area contributed by atoms with Crippen molar-refractivity contribution < 1.29 is 0 Å². The number of rotatable bonds is 2. The minimum Gasteiger partial charge on any atom is -0.338 e. The summed E-state index contributed by atoms with van der Waals surface area (Å²) in [6.45, 7) is 8.31. The highest BCUT2D eigenvalue weighted by Crippen LogP contribution is 2.33. The van der Waals surface area contributed by atoms with E-state index in [0.29, 0.717) is 12.0 Å². The van der Waals surface area contributed by atoms with Gasteiger partial charge >= 0.3 is 0 Å². The molecule has 3 aromatic rings. The van der Waals surface area contributed by atoms with Crippen molar-refractivity contribution in [2.75, 3.05) is 11.4 Å². The molecule has 1 atom stereocenters. The highest BCUT2D eigenvalue weighted by Gasteiger charge is 2.28. The van der Waals surface area contributed by atoms with E-state index < -0.39 is 0 Å². The van der Waals surface area contributed by atoms with Crippen molar-refractivity contribution in [3.8, 4) is 0 Å². The van der Waals surface area contributed by atoms with Gasteiger partial charge in [0.25, 0.3) is 0 Å². The van der Waals surface area contributed by atoms with Crippen LogP contribution in [0.3, 0.4) is 0 Å². The van der Waals surface area contributed by atoms with Crippen LogP contribution in [0.4, 0.5) is 5.13 Å². The highest BCUT2D eigenvalue weighted by molar-refractivity contribution is 7.22. The maximum Gasteiger partial charge on any atom is 0.186 e. The molecular formula is C16H19N5S. The predicted molar refractivity (Wildman–Crippen MR) is 89.5 cm³/mol. The molecule has 0 aliphatic carbocycles. The van der Waals surface area contributed by atoms with E-state index in [0.717, 1.165) is 35.4 Å². The fourth-order valence-corrected chi connectivity index (χ4v) is 4.07. The predicted octanol–water partition coefficient (Wildman–Crippen LogP) is 3.59. The molecule has 0 saturated carbocycles. The summed E-state index contributed by atoms with van der Waals surface area (Å²) in [5, 5.41) is 9.87. The van der Waals surface area contributed by atoms with Gasteiger partial charge in [-0.2, -0.15) is 0 Å². The minimum atomic E-state index is 0.364. The summed E-state index contributed by atoms with van der Waals surface area (Å²) in [6.07, 6.45) is 0. The van der Waals surface area contributed by atoms with Crippen LogP contribution < -0.4 is 4.90 Å². The first kappa shape index (κ1) is 13.7. The summed E-state index contributed by atoms with van der Waals surface area (Å²) in [5.74, 6) is 2.53. The van der Waals surface area contributed by atoms with E-state index in [-0.39, 0.29) is 0 Å². The lowest BCUT2D eigenvalue weighted by Gasteiger charge is -2.32. The zero-order chi connectivity index (χ0) is 15.3. The monoisotopic (exact) mass is 313 g/mol. The Morgan fingerprint density at radius 3 is 2.82 bits per heavy atom. The maximum absolute atomic E-state index is 4.77. The summed E-state index contributed by atoms with van der Waals surface area (Å²) in [5.41, 5.74) is 1.07. The van der Waals surface area contributed by atoms with Crippen LogP contribution in [0.1, 0.15) is 44.4 Å². The van der Waals surface area contributed by atoms with Crippen molar-refractivity contribution in [1.29, 1.82) is 0 Å². The standard InChI is InChI=1S/C16H19N5S/c1-10(2)15-19-18-14-9-20(8-11(3)21(14)15)16-17-12-6-4-5-7-13(12)22-16/h4-7,10-11H,8-9H2,1-3H3/t11-/m0/s1. The number of hydrogen-bond acceptors (Lipinski definition) is 5. The minimum absolute atomic E-state index is 0.364. The van der Waals surface area contributed by atoms with Crippen molar-refractivity contribution >= 4 is 26.7 Å². The van der Waals surface area contributed by atoms with Crippen LogP contribution in [0.2, 0.25) is 0 Å². The van der Waals surface area contributed by atoms with Gasteiger partial charge in [0.2, 0.25) is 0 Å². The molecule has 0 saturated heterocycles. The molecule has 114 valence electrons. The molecule has 0 bridgehead atoms. The van der Waals surface area contributed by atoms with E-state index in [9.17, 15) is 0 Å². The number of thiazole rings is 1. The van der Waals surface area contributed by atoms with E-state index in [1.165, 1.54) is 4.70 Å². The molecule has 0 spiro atoms. The Labute approximate surface area is 133 Å². The van der Waals surface area contributed by atoms with Crippen LogP contribution >= 0.6 is 11.3 Å². The molecule has 1 aliphatic heterocycles. The van der Waals surface area contributed by atoms with Gasteiger partial charge < -0.3 is 9.47 Å². The first-order valence-corrected chi connectivity index (χ1v) is 8.49. The Morgan fingerprint density at radius 2 is 2.05 bits per heavy atom. The number of fused-ring (bicyclic) bond motifs is 2. The molecule has 22 heavy (non-hydrogen) atoms. The third kappa shape index (κ3) is 2.09. The Balaban J connectivity index is 1.70. The third-order valence-electron chi connectivity index (χ3n) is 4.12. The molecule has 0 radical (unpaired) electrons. The van der Waals surface area contributed by atoms with Gasteiger partial charge in [-0.15, -0.1) is 10.2 Å². The van der Waals surface area contributed by atoms with Gasteiger partial charge in [0.05, 0.1) is 22.8 Å². The van der Waals surface area contributed by atoms with Gasteiger partial charge in [0.15, 0.2) is 11.0 Å². The second kappa shape index (κ2) is 5.05. The van der Waals surface area contributed by atoms with Crippen molar-refractivity contribution in [3.63, 3.8) is 0 Å². The average Bonchev–Trinajstić information content (AvgIpc) is 3.10. The topological polar surface area (TPSA) is 46.8 Å². The largest absolute Gasteiger partial charge is 0.338 e. The molecular weight excluding hydrogens is 294 g/mol. The molecule has 2 aromatic heterocycles. The zero-order valence-corrected chi connectivity index (χ0v) is 13.8. The van der Waals surface area contributed by atoms with Crippen molar-refractivity contribution in [2.45, 2.75) is 39.3 Å². The normalized spacial score (nSPS) is 18.2. The van der Waals surface area contributed by atoms with Crippen LogP contribution in [0.15, 0.2) is 24.3 Å². The number of hydrogen-bond donors (Lipinski definition) is 0. The molecule has 5 nitrogen and oxygen atoms in total. The first-order valence-electron chi connectivity index (χ1n) is 7.67. The van der Waals surface area contributed by atoms with Crippen molar-refractivity contribution in [1.82, 2.24) is 19.7 Å². The van der Waals surface area contributed by atoms with Crippen molar-refractivity contribution in [2.24, 2.45) is 0 Å². The fraction of sp³-hybridized carbons (Fsp3) is 0.438. The molecule has 0 unspecified atom stereocenters. The van der Waals surface area contributed by atoms with E-state index in [2.05, 4.69) is 58.6 Å². The van der Waals surface area contributed by atoms with Crippen LogP contribution in [0, 0.1) is 0 Å². The molecule has 0 amide bonds. The summed E-state index contributed by atoms with van der Waals surface area (Å²) < 4.78 is 3.54. The maximum atomic E-state index is 4.77. The highest BCUT2D eigenvalue weighted by atomic mass is 32.1. The van der Waals surface area contributed by atoms with Gasteiger partial charge in [-0.25, -0.2) is 4.98 Å². The van der Waals surface area contributed by atoms with Crippen LogP contribution in [0.25, 0.3) is 10.2 Å². The quantitative estimate of drug-likeness (QED) is 0.725. The Kier molecular flexibility index (Phi) is 3.14. The Morgan fingerprint density at radius 1 is 1.23 bits per heavy atom. The first-order chi connectivity index (χ1) is 10.6. The number of benzene rings is 1.